The molecule has 0 radical (unpaired) electrons. The second-order valence-electron chi connectivity index (χ2n) is 4.90. The van der Waals surface area contributed by atoms with Gasteiger partial charge in [-0.3, -0.25) is 4.79 Å². The first-order valence-electron chi connectivity index (χ1n) is 6.51. The summed E-state index contributed by atoms with van der Waals surface area (Å²) in [5, 5.41) is 3.25. The van der Waals surface area contributed by atoms with Crippen LogP contribution in [0.25, 0.3) is 0 Å². The number of nitrogen functional groups attached to an aromatic ring is 1. The first kappa shape index (κ1) is 12.9. The molecule has 98 valence electrons. The summed E-state index contributed by atoms with van der Waals surface area (Å²) in [6, 6.07) is 7.79. The Hall–Kier alpha value is -1.55. The van der Waals surface area contributed by atoms with Crippen molar-refractivity contribution in [1.29, 1.82) is 0 Å². The summed E-state index contributed by atoms with van der Waals surface area (Å²) in [7, 11) is 0. The minimum absolute atomic E-state index is 0.244. The first-order chi connectivity index (χ1) is 8.66. The lowest BCUT2D eigenvalue weighted by atomic mass is 9.97. The molecule has 0 saturated carbocycles. The van der Waals surface area contributed by atoms with E-state index in [4.69, 9.17) is 5.73 Å². The molecule has 1 aliphatic rings. The lowest BCUT2D eigenvalue weighted by Crippen LogP contribution is -2.46. The zero-order valence-corrected chi connectivity index (χ0v) is 10.9. The van der Waals surface area contributed by atoms with E-state index in [9.17, 15) is 4.79 Å². The summed E-state index contributed by atoms with van der Waals surface area (Å²) < 4.78 is 0. The molecule has 2 rings (SSSR count). The minimum Gasteiger partial charge on any atom is -0.399 e. The summed E-state index contributed by atoms with van der Waals surface area (Å²) in [6.07, 6.45) is 0.573. The van der Waals surface area contributed by atoms with Crippen molar-refractivity contribution in [3.05, 3.63) is 29.8 Å². The van der Waals surface area contributed by atoms with Crippen molar-refractivity contribution in [2.75, 3.05) is 31.9 Å². The van der Waals surface area contributed by atoms with E-state index in [0.717, 1.165) is 31.9 Å². The van der Waals surface area contributed by atoms with Crippen LogP contribution in [0, 0.1) is 0 Å². The van der Waals surface area contributed by atoms with Crippen molar-refractivity contribution in [2.24, 2.45) is 0 Å². The van der Waals surface area contributed by atoms with Crippen molar-refractivity contribution >= 4 is 11.6 Å². The summed E-state index contributed by atoms with van der Waals surface area (Å²) in [5.74, 6) is 0.494. The van der Waals surface area contributed by atoms with E-state index < -0.39 is 0 Å². The molecule has 18 heavy (non-hydrogen) atoms. The summed E-state index contributed by atoms with van der Waals surface area (Å²) in [5.41, 5.74) is 7.60. The van der Waals surface area contributed by atoms with E-state index in [1.807, 2.05) is 29.2 Å². The van der Waals surface area contributed by atoms with Gasteiger partial charge in [0.15, 0.2) is 0 Å². The number of hydrogen-bond donors (Lipinski definition) is 2. The third-order valence-electron chi connectivity index (χ3n) is 3.46. The molecule has 1 atom stereocenters. The highest BCUT2D eigenvalue weighted by atomic mass is 16.2. The van der Waals surface area contributed by atoms with Crippen LogP contribution in [0.5, 0.6) is 0 Å². The second kappa shape index (κ2) is 5.87. The Morgan fingerprint density at radius 3 is 2.56 bits per heavy atom. The zero-order valence-electron chi connectivity index (χ0n) is 10.9. The van der Waals surface area contributed by atoms with E-state index >= 15 is 0 Å². The Morgan fingerprint density at radius 2 is 1.94 bits per heavy atom. The standard InChI is InChI=1S/C14H21N3O/c1-11(12-2-4-13(15)5-3-12)10-14(18)17-8-6-16-7-9-17/h2-5,11,16H,6-10,15H2,1H3. The number of piperazine rings is 1. The van der Waals surface area contributed by atoms with Crippen LogP contribution >= 0.6 is 0 Å². The monoisotopic (exact) mass is 247 g/mol. The highest BCUT2D eigenvalue weighted by molar-refractivity contribution is 5.77. The number of carbonyl (C=O) groups excluding carboxylic acids is 1. The van der Waals surface area contributed by atoms with Crippen LogP contribution < -0.4 is 11.1 Å². The predicted molar refractivity (Wildman–Crippen MR) is 73.3 cm³/mol. The molecule has 1 amide bonds. The first-order valence-corrected chi connectivity index (χ1v) is 6.51. The molecule has 1 aromatic rings. The van der Waals surface area contributed by atoms with Gasteiger partial charge in [-0.2, -0.15) is 0 Å². The molecular formula is C14H21N3O. The second-order valence-corrected chi connectivity index (χ2v) is 4.90. The molecule has 1 heterocycles. The molecule has 0 bridgehead atoms. The van der Waals surface area contributed by atoms with E-state index in [2.05, 4.69) is 12.2 Å². The highest BCUT2D eigenvalue weighted by Crippen LogP contribution is 2.21. The molecular weight excluding hydrogens is 226 g/mol. The number of anilines is 1. The van der Waals surface area contributed by atoms with Crippen LogP contribution in [-0.2, 0) is 4.79 Å². The third kappa shape index (κ3) is 3.23. The third-order valence-corrected chi connectivity index (χ3v) is 3.46. The summed E-state index contributed by atoms with van der Waals surface area (Å²) >= 11 is 0. The van der Waals surface area contributed by atoms with Crippen LogP contribution in [0.4, 0.5) is 5.69 Å². The molecule has 4 nitrogen and oxygen atoms in total. The van der Waals surface area contributed by atoms with Crippen molar-refractivity contribution in [2.45, 2.75) is 19.3 Å². The van der Waals surface area contributed by atoms with Crippen LogP contribution in [0.2, 0.25) is 0 Å². The maximum Gasteiger partial charge on any atom is 0.223 e. The largest absolute Gasteiger partial charge is 0.399 e. The number of nitrogens with two attached hydrogens (primary N) is 1. The lowest BCUT2D eigenvalue weighted by molar-refractivity contribution is -0.132. The van der Waals surface area contributed by atoms with Crippen LogP contribution in [0.1, 0.15) is 24.8 Å². The molecule has 0 aliphatic carbocycles. The number of rotatable bonds is 3. The molecule has 4 heteroatoms. The Bertz CT molecular complexity index is 396. The predicted octanol–water partition coefficient (Wildman–Crippen LogP) is 1.19. The van der Waals surface area contributed by atoms with Crippen LogP contribution in [0.3, 0.4) is 0 Å². The molecule has 0 spiro atoms. The Kier molecular flexibility index (Phi) is 4.20. The number of carbonyl (C=O) groups is 1. The van der Waals surface area contributed by atoms with Gasteiger partial charge in [-0.15, -0.1) is 0 Å². The topological polar surface area (TPSA) is 58.4 Å². The molecule has 0 aromatic heterocycles. The van der Waals surface area contributed by atoms with Crippen molar-refractivity contribution < 1.29 is 4.79 Å². The Labute approximate surface area is 108 Å². The molecule has 1 aliphatic heterocycles. The van der Waals surface area contributed by atoms with Crippen LogP contribution in [0.15, 0.2) is 24.3 Å². The van der Waals surface area contributed by atoms with Crippen molar-refractivity contribution in [1.82, 2.24) is 10.2 Å². The smallest absolute Gasteiger partial charge is 0.223 e. The van der Waals surface area contributed by atoms with Crippen LogP contribution in [-0.4, -0.2) is 37.0 Å². The van der Waals surface area contributed by atoms with E-state index in [1.54, 1.807) is 0 Å². The van der Waals surface area contributed by atoms with Gasteiger partial charge in [0.25, 0.3) is 0 Å². The number of hydrogen-bond acceptors (Lipinski definition) is 3. The number of benzene rings is 1. The minimum atomic E-state index is 0.244. The van der Waals surface area contributed by atoms with Gasteiger partial charge in [0, 0.05) is 38.3 Å². The Morgan fingerprint density at radius 1 is 1.33 bits per heavy atom. The number of amides is 1. The fraction of sp³-hybridized carbons (Fsp3) is 0.500. The van der Waals surface area contributed by atoms with E-state index in [1.165, 1.54) is 5.56 Å². The maximum absolute atomic E-state index is 12.1. The van der Waals surface area contributed by atoms with Gasteiger partial charge in [-0.1, -0.05) is 19.1 Å². The maximum atomic E-state index is 12.1. The normalized spacial score (nSPS) is 17.5. The van der Waals surface area contributed by atoms with Gasteiger partial charge in [-0.25, -0.2) is 0 Å². The quantitative estimate of drug-likeness (QED) is 0.789. The average Bonchev–Trinajstić information content (AvgIpc) is 2.40. The highest BCUT2D eigenvalue weighted by Gasteiger charge is 2.19. The van der Waals surface area contributed by atoms with Crippen molar-refractivity contribution in [3.8, 4) is 0 Å². The van der Waals surface area contributed by atoms with Crippen molar-refractivity contribution in [3.63, 3.8) is 0 Å². The average molecular weight is 247 g/mol. The molecule has 1 unspecified atom stereocenters. The zero-order chi connectivity index (χ0) is 13.0. The number of nitrogens with zero attached hydrogens (tertiary/aromatic N) is 1. The summed E-state index contributed by atoms with van der Waals surface area (Å²) in [4.78, 5) is 14.1. The lowest BCUT2D eigenvalue weighted by Gasteiger charge is -2.28. The van der Waals surface area contributed by atoms with Gasteiger partial charge >= 0.3 is 0 Å². The van der Waals surface area contributed by atoms with Gasteiger partial charge in [0.1, 0.15) is 0 Å². The fourth-order valence-corrected chi connectivity index (χ4v) is 2.25. The number of nitrogens with one attached hydrogen (secondary N) is 1. The van der Waals surface area contributed by atoms with Gasteiger partial charge in [0.2, 0.25) is 5.91 Å². The fourth-order valence-electron chi connectivity index (χ4n) is 2.25. The molecule has 3 N–H and O–H groups in total. The molecule has 1 saturated heterocycles. The molecule has 1 fully saturated rings. The van der Waals surface area contributed by atoms with E-state index in [0.29, 0.717) is 6.42 Å². The van der Waals surface area contributed by atoms with E-state index in [-0.39, 0.29) is 11.8 Å². The SMILES string of the molecule is CC(CC(=O)N1CCNCC1)c1ccc(N)cc1. The Balaban J connectivity index is 1.91. The molecule has 1 aromatic carbocycles. The summed E-state index contributed by atoms with van der Waals surface area (Å²) in [6.45, 7) is 5.55. The van der Waals surface area contributed by atoms with Gasteiger partial charge in [0.05, 0.1) is 0 Å². The van der Waals surface area contributed by atoms with Gasteiger partial charge < -0.3 is 16.0 Å². The van der Waals surface area contributed by atoms with Gasteiger partial charge in [-0.05, 0) is 23.6 Å².